The van der Waals surface area contributed by atoms with Crippen LogP contribution in [0.25, 0.3) is 11.8 Å². The van der Waals surface area contributed by atoms with Crippen LogP contribution in [0.5, 0.6) is 11.5 Å². The molecule has 0 aliphatic carbocycles. The second-order valence-corrected chi connectivity index (χ2v) is 8.99. The van der Waals surface area contributed by atoms with Gasteiger partial charge < -0.3 is 14.6 Å². The molecule has 1 heterocycles. The van der Waals surface area contributed by atoms with Crippen molar-refractivity contribution in [3.8, 4) is 23.3 Å². The number of nitrogens with one attached hydrogen (secondary N) is 1. The fourth-order valence-electron chi connectivity index (χ4n) is 4.04. The average Bonchev–Trinajstić information content (AvgIpc) is 3.19. The van der Waals surface area contributed by atoms with Crippen LogP contribution in [-0.4, -0.2) is 20.3 Å². The summed E-state index contributed by atoms with van der Waals surface area (Å²) in [5.41, 5.74) is 2.42. The maximum absolute atomic E-state index is 12.7. The van der Waals surface area contributed by atoms with E-state index in [0.717, 1.165) is 29.2 Å². The summed E-state index contributed by atoms with van der Waals surface area (Å²) in [6.07, 6.45) is 1.50. The lowest BCUT2D eigenvalue weighted by Crippen LogP contribution is -2.13. The molecule has 1 aromatic heterocycles. The molecule has 0 saturated carbocycles. The Bertz CT molecular complexity index is 1720. The fourth-order valence-corrected chi connectivity index (χ4v) is 4.23. The number of non-ortho nitro benzene ring substituents is 1. The standard InChI is InChI=1S/C28H20ClN5O6/c1-17-12-19(13-20(16-30)28(35)31-22-5-3-4-21(29)14-22)18(2)32(17)23-6-9-25(10-7-23)40-27-11-8-24(33(36)37)15-26(27)34(38)39/h3-15H,1-2H3,(H,31,35)/b20-13-. The van der Waals surface area contributed by atoms with Gasteiger partial charge in [0, 0.05) is 33.9 Å². The lowest BCUT2D eigenvalue weighted by atomic mass is 10.1. The molecule has 3 aromatic carbocycles. The second-order valence-electron chi connectivity index (χ2n) is 8.56. The molecular weight excluding hydrogens is 538 g/mol. The molecule has 1 N–H and O–H groups in total. The van der Waals surface area contributed by atoms with E-state index >= 15 is 0 Å². The molecule has 12 heteroatoms. The summed E-state index contributed by atoms with van der Waals surface area (Å²) in [6.45, 7) is 3.71. The summed E-state index contributed by atoms with van der Waals surface area (Å²) < 4.78 is 7.55. The Labute approximate surface area is 232 Å². The number of benzene rings is 3. The van der Waals surface area contributed by atoms with Crippen LogP contribution in [0, 0.1) is 45.4 Å². The average molecular weight is 558 g/mol. The van der Waals surface area contributed by atoms with Crippen molar-refractivity contribution >= 4 is 40.6 Å². The SMILES string of the molecule is Cc1cc(/C=C(/C#N)C(=O)Nc2cccc(Cl)c2)c(C)n1-c1ccc(Oc2ccc([N+](=O)[O-])cc2[N+](=O)[O-])cc1. The summed E-state index contributed by atoms with van der Waals surface area (Å²) in [5.74, 6) is -0.423. The van der Waals surface area contributed by atoms with Gasteiger partial charge in [0.1, 0.15) is 17.4 Å². The molecule has 1 amide bonds. The smallest absolute Gasteiger partial charge is 0.318 e. The van der Waals surface area contributed by atoms with Crippen molar-refractivity contribution in [1.29, 1.82) is 5.26 Å². The second kappa shape index (κ2) is 11.5. The molecule has 4 aromatic rings. The number of hydrogen-bond donors (Lipinski definition) is 1. The first-order chi connectivity index (χ1) is 19.1. The number of anilines is 1. The summed E-state index contributed by atoms with van der Waals surface area (Å²) in [7, 11) is 0. The number of nitro benzene ring substituents is 2. The Morgan fingerprint density at radius 2 is 1.75 bits per heavy atom. The van der Waals surface area contributed by atoms with Crippen molar-refractivity contribution in [3.05, 3.63) is 121 Å². The number of hydrogen-bond acceptors (Lipinski definition) is 7. The molecule has 11 nitrogen and oxygen atoms in total. The van der Waals surface area contributed by atoms with Crippen LogP contribution in [0.3, 0.4) is 0 Å². The van der Waals surface area contributed by atoms with E-state index < -0.39 is 27.1 Å². The third kappa shape index (κ3) is 5.98. The zero-order chi connectivity index (χ0) is 29.0. The molecule has 200 valence electrons. The van der Waals surface area contributed by atoms with Gasteiger partial charge in [-0.2, -0.15) is 5.26 Å². The summed E-state index contributed by atoms with van der Waals surface area (Å²) in [5, 5.41) is 35.1. The first-order valence-corrected chi connectivity index (χ1v) is 12.0. The van der Waals surface area contributed by atoms with Crippen LogP contribution in [-0.2, 0) is 4.79 Å². The van der Waals surface area contributed by atoms with Gasteiger partial charge in [0.15, 0.2) is 0 Å². The number of amides is 1. The maximum atomic E-state index is 12.7. The van der Waals surface area contributed by atoms with Crippen LogP contribution >= 0.6 is 11.6 Å². The molecule has 0 aliphatic rings. The molecular formula is C28H20ClN5O6. The molecule has 0 saturated heterocycles. The van der Waals surface area contributed by atoms with E-state index in [4.69, 9.17) is 16.3 Å². The summed E-state index contributed by atoms with van der Waals surface area (Å²) >= 11 is 5.97. The number of aryl methyl sites for hydroxylation is 1. The number of halogens is 1. The van der Waals surface area contributed by atoms with Gasteiger partial charge in [0.05, 0.1) is 15.9 Å². The highest BCUT2D eigenvalue weighted by molar-refractivity contribution is 6.31. The Morgan fingerprint density at radius 3 is 2.38 bits per heavy atom. The number of carbonyl (C=O) groups is 1. The zero-order valence-corrected chi connectivity index (χ0v) is 21.9. The van der Waals surface area contributed by atoms with Crippen LogP contribution in [0.1, 0.15) is 17.0 Å². The van der Waals surface area contributed by atoms with Crippen LogP contribution in [0.4, 0.5) is 17.1 Å². The Balaban J connectivity index is 1.58. The van der Waals surface area contributed by atoms with Gasteiger partial charge in [-0.25, -0.2) is 0 Å². The minimum Gasteiger partial charge on any atom is -0.450 e. The first-order valence-electron chi connectivity index (χ1n) is 11.7. The maximum Gasteiger partial charge on any atom is 0.318 e. The number of nitro groups is 2. The predicted octanol–water partition coefficient (Wildman–Crippen LogP) is 6.90. The quantitative estimate of drug-likeness (QED) is 0.107. The molecule has 0 aliphatic heterocycles. The van der Waals surface area contributed by atoms with Gasteiger partial charge in [-0.05, 0) is 80.1 Å². The van der Waals surface area contributed by atoms with E-state index in [9.17, 15) is 30.3 Å². The number of nitriles is 1. The molecule has 40 heavy (non-hydrogen) atoms. The predicted molar refractivity (Wildman–Crippen MR) is 149 cm³/mol. The van der Waals surface area contributed by atoms with Gasteiger partial charge in [0.2, 0.25) is 5.75 Å². The highest BCUT2D eigenvalue weighted by atomic mass is 35.5. The molecule has 0 unspecified atom stereocenters. The van der Waals surface area contributed by atoms with Gasteiger partial charge >= 0.3 is 5.69 Å². The highest BCUT2D eigenvalue weighted by Gasteiger charge is 2.21. The molecule has 0 radical (unpaired) electrons. The Morgan fingerprint density at radius 1 is 1.02 bits per heavy atom. The topological polar surface area (TPSA) is 153 Å². The summed E-state index contributed by atoms with van der Waals surface area (Å²) in [4.78, 5) is 33.6. The van der Waals surface area contributed by atoms with E-state index in [1.807, 2.05) is 30.6 Å². The lowest BCUT2D eigenvalue weighted by Gasteiger charge is -2.11. The number of carbonyl (C=O) groups excluding carboxylic acids is 1. The molecule has 0 spiro atoms. The third-order valence-corrected chi connectivity index (χ3v) is 6.13. The van der Waals surface area contributed by atoms with Gasteiger partial charge in [0.25, 0.3) is 11.6 Å². The van der Waals surface area contributed by atoms with Crippen molar-refractivity contribution < 1.29 is 19.4 Å². The third-order valence-electron chi connectivity index (χ3n) is 5.89. The van der Waals surface area contributed by atoms with Crippen molar-refractivity contribution in [2.45, 2.75) is 13.8 Å². The Hall–Kier alpha value is -5.47. The molecule has 4 rings (SSSR count). The van der Waals surface area contributed by atoms with Crippen molar-refractivity contribution in [3.63, 3.8) is 0 Å². The van der Waals surface area contributed by atoms with E-state index in [1.165, 1.54) is 12.1 Å². The normalized spacial score (nSPS) is 11.0. The molecule has 0 fully saturated rings. The van der Waals surface area contributed by atoms with Crippen molar-refractivity contribution in [1.82, 2.24) is 4.57 Å². The first kappa shape index (κ1) is 27.6. The van der Waals surface area contributed by atoms with Gasteiger partial charge in [-0.3, -0.25) is 25.0 Å². The Kier molecular flexibility index (Phi) is 7.93. The lowest BCUT2D eigenvalue weighted by molar-refractivity contribution is -0.394. The van der Waals surface area contributed by atoms with Crippen LogP contribution in [0.15, 0.2) is 78.4 Å². The van der Waals surface area contributed by atoms with E-state index in [1.54, 1.807) is 48.5 Å². The fraction of sp³-hybridized carbons (Fsp3) is 0.0714. The number of rotatable bonds is 8. The molecule has 0 bridgehead atoms. The van der Waals surface area contributed by atoms with Gasteiger partial charge in [-0.1, -0.05) is 17.7 Å². The minimum atomic E-state index is -0.747. The minimum absolute atomic E-state index is 0.0892. The number of nitrogens with zero attached hydrogens (tertiary/aromatic N) is 4. The van der Waals surface area contributed by atoms with Gasteiger partial charge in [-0.15, -0.1) is 0 Å². The van der Waals surface area contributed by atoms with E-state index in [0.29, 0.717) is 16.3 Å². The van der Waals surface area contributed by atoms with Crippen LogP contribution in [0.2, 0.25) is 5.02 Å². The summed E-state index contributed by atoms with van der Waals surface area (Å²) in [6, 6.07) is 20.2. The van der Waals surface area contributed by atoms with Crippen molar-refractivity contribution in [2.75, 3.05) is 5.32 Å². The molecule has 0 atom stereocenters. The highest BCUT2D eigenvalue weighted by Crippen LogP contribution is 2.35. The number of ether oxygens (including phenoxy) is 1. The van der Waals surface area contributed by atoms with E-state index in [-0.39, 0.29) is 17.1 Å². The zero-order valence-electron chi connectivity index (χ0n) is 21.1. The largest absolute Gasteiger partial charge is 0.450 e. The monoisotopic (exact) mass is 557 g/mol. The van der Waals surface area contributed by atoms with Crippen LogP contribution < -0.4 is 10.1 Å². The number of aromatic nitrogens is 1. The van der Waals surface area contributed by atoms with E-state index in [2.05, 4.69) is 5.32 Å². The van der Waals surface area contributed by atoms with Crippen molar-refractivity contribution in [2.24, 2.45) is 0 Å².